The molecule has 1 saturated carbocycles. The summed E-state index contributed by atoms with van der Waals surface area (Å²) < 4.78 is 0. The third-order valence-corrected chi connectivity index (χ3v) is 9.28. The van der Waals surface area contributed by atoms with E-state index < -0.39 is 5.41 Å². The maximum atomic E-state index is 13.3. The van der Waals surface area contributed by atoms with Gasteiger partial charge in [-0.05, 0) is 102 Å². The Morgan fingerprint density at radius 3 is 2.21 bits per heavy atom. The number of piperidine rings is 1. The van der Waals surface area contributed by atoms with Crippen LogP contribution in [0, 0.1) is 17.2 Å². The molecule has 0 radical (unpaired) electrons. The number of nitrogens with one attached hydrogen (secondary N) is 4. The Morgan fingerprint density at radius 1 is 1.05 bits per heavy atom. The van der Waals surface area contributed by atoms with Crippen molar-refractivity contribution in [2.75, 3.05) is 20.6 Å². The van der Waals surface area contributed by atoms with E-state index in [0.29, 0.717) is 42.1 Å². The second kappa shape index (κ2) is 11.2. The van der Waals surface area contributed by atoms with Crippen LogP contribution in [-0.2, 0) is 23.1 Å². The molecule has 12 nitrogen and oxygen atoms in total. The quantitative estimate of drug-likeness (QED) is 0.308. The summed E-state index contributed by atoms with van der Waals surface area (Å²) in [5.41, 5.74) is 4.09. The van der Waals surface area contributed by atoms with Crippen LogP contribution < -0.4 is 16.0 Å². The number of benzene rings is 2. The zero-order valence-corrected chi connectivity index (χ0v) is 24.5. The number of carbonyl (C=O) groups is 3. The lowest BCUT2D eigenvalue weighted by molar-refractivity contribution is -0.131. The highest BCUT2D eigenvalue weighted by atomic mass is 16.2. The van der Waals surface area contributed by atoms with E-state index in [9.17, 15) is 19.6 Å². The molecule has 2 fully saturated rings. The zero-order chi connectivity index (χ0) is 30.3. The van der Waals surface area contributed by atoms with Gasteiger partial charge in [-0.3, -0.25) is 14.4 Å². The smallest absolute Gasteiger partial charge is 0.251 e. The largest absolute Gasteiger partial charge is 0.355 e. The van der Waals surface area contributed by atoms with Gasteiger partial charge in [0.2, 0.25) is 5.91 Å². The van der Waals surface area contributed by atoms with Crippen LogP contribution in [0.5, 0.6) is 0 Å². The highest BCUT2D eigenvalue weighted by molar-refractivity contribution is 5.95. The molecular weight excluding hydrogens is 546 g/mol. The van der Waals surface area contributed by atoms with Crippen molar-refractivity contribution in [2.24, 2.45) is 5.92 Å². The molecule has 3 amide bonds. The number of aromatic nitrogens is 4. The van der Waals surface area contributed by atoms with Crippen molar-refractivity contribution in [3.05, 3.63) is 75.6 Å². The molecule has 1 aliphatic heterocycles. The number of nitrogens with zero attached hydrogens (tertiary/aromatic N) is 5. The predicted octanol–water partition coefficient (Wildman–Crippen LogP) is 1.23. The Bertz CT molecular complexity index is 1550. The van der Waals surface area contributed by atoms with E-state index in [0.717, 1.165) is 35.1 Å². The van der Waals surface area contributed by atoms with Crippen molar-refractivity contribution in [3.63, 3.8) is 0 Å². The lowest BCUT2D eigenvalue weighted by atomic mass is 9.67. The first-order valence-corrected chi connectivity index (χ1v) is 14.7. The zero-order valence-electron chi connectivity index (χ0n) is 24.5. The van der Waals surface area contributed by atoms with Crippen LogP contribution in [0.15, 0.2) is 36.4 Å². The van der Waals surface area contributed by atoms with Crippen LogP contribution in [0.3, 0.4) is 0 Å². The van der Waals surface area contributed by atoms with E-state index in [1.165, 1.54) is 0 Å². The van der Waals surface area contributed by atoms with Gasteiger partial charge in [-0.2, -0.15) is 5.26 Å². The molecule has 222 valence electrons. The van der Waals surface area contributed by atoms with Gasteiger partial charge in [-0.15, -0.1) is 5.10 Å². The van der Waals surface area contributed by atoms with E-state index in [4.69, 9.17) is 0 Å². The highest BCUT2D eigenvalue weighted by Gasteiger charge is 2.54. The minimum atomic E-state index is -0.882. The molecule has 43 heavy (non-hydrogen) atoms. The number of amides is 3. The molecule has 4 N–H and O–H groups in total. The molecule has 1 saturated heterocycles. The number of H-pyrrole nitrogens is 1. The number of likely N-dealkylation sites (tertiary alicyclic amines) is 1. The van der Waals surface area contributed by atoms with Crippen molar-refractivity contribution >= 4 is 17.7 Å². The SMILES string of the molecule is CNC(=O)c1ccc2c(c1)CCc1cc(C(=O)NC)ccc1C2(C[C@@H](C)NCC(=O)N1[C@H](C#N)C[C@@H]2C[C@@H]21)c1nnn[nH]1. The van der Waals surface area contributed by atoms with Crippen molar-refractivity contribution < 1.29 is 14.4 Å². The lowest BCUT2D eigenvalue weighted by Crippen LogP contribution is -2.46. The minimum Gasteiger partial charge on any atom is -0.355 e. The topological polar surface area (TPSA) is 169 Å². The normalized spacial score (nSPS) is 21.8. The third-order valence-electron chi connectivity index (χ3n) is 9.28. The second-order valence-electron chi connectivity index (χ2n) is 11.8. The number of aryl methyl sites for hydroxylation is 2. The Labute approximate surface area is 249 Å². The van der Waals surface area contributed by atoms with Gasteiger partial charge < -0.3 is 20.9 Å². The number of aromatic amines is 1. The van der Waals surface area contributed by atoms with Crippen molar-refractivity contribution in [1.82, 2.24) is 41.5 Å². The van der Waals surface area contributed by atoms with Gasteiger partial charge in [0.05, 0.1) is 18.0 Å². The summed E-state index contributed by atoms with van der Waals surface area (Å²) in [5.74, 6) is 0.560. The van der Waals surface area contributed by atoms with Gasteiger partial charge in [-0.25, -0.2) is 5.10 Å². The van der Waals surface area contributed by atoms with Crippen LogP contribution >= 0.6 is 0 Å². The Hall–Kier alpha value is -4.63. The molecule has 3 aromatic rings. The molecule has 2 aromatic carbocycles. The van der Waals surface area contributed by atoms with Crippen molar-refractivity contribution in [3.8, 4) is 6.07 Å². The van der Waals surface area contributed by atoms with Crippen LogP contribution in [0.2, 0.25) is 0 Å². The summed E-state index contributed by atoms with van der Waals surface area (Å²) in [6, 6.07) is 13.3. The monoisotopic (exact) mass is 581 g/mol. The number of tetrazole rings is 1. The number of rotatable bonds is 8. The van der Waals surface area contributed by atoms with E-state index in [-0.39, 0.29) is 42.4 Å². The Morgan fingerprint density at radius 2 is 1.67 bits per heavy atom. The highest BCUT2D eigenvalue weighted by Crippen LogP contribution is 2.48. The number of nitriles is 1. The molecular formula is C31H35N9O3. The van der Waals surface area contributed by atoms with Crippen LogP contribution in [0.1, 0.15) is 75.0 Å². The number of hydrogen-bond donors (Lipinski definition) is 4. The maximum absolute atomic E-state index is 13.3. The third kappa shape index (κ3) is 4.93. The van der Waals surface area contributed by atoms with Crippen LogP contribution in [-0.4, -0.2) is 82.0 Å². The summed E-state index contributed by atoms with van der Waals surface area (Å²) in [5, 5.41) is 33.7. The molecule has 1 aromatic heterocycles. The first-order valence-electron chi connectivity index (χ1n) is 14.7. The number of carbonyl (C=O) groups excluding carboxylic acids is 3. The summed E-state index contributed by atoms with van der Waals surface area (Å²) in [6.45, 7) is 2.13. The summed E-state index contributed by atoms with van der Waals surface area (Å²) >= 11 is 0. The minimum absolute atomic E-state index is 0.0640. The van der Waals surface area contributed by atoms with Gasteiger partial charge in [0.25, 0.3) is 11.8 Å². The molecule has 6 rings (SSSR count). The number of fused-ring (bicyclic) bond motifs is 3. The fraction of sp³-hybridized carbons (Fsp3) is 0.452. The first-order chi connectivity index (χ1) is 20.8. The van der Waals surface area contributed by atoms with Gasteiger partial charge in [0, 0.05) is 37.3 Å². The maximum Gasteiger partial charge on any atom is 0.251 e. The average Bonchev–Trinajstić information content (AvgIpc) is 3.41. The molecule has 2 aliphatic carbocycles. The first kappa shape index (κ1) is 28.5. The molecule has 2 heterocycles. The van der Waals surface area contributed by atoms with Gasteiger partial charge in [-0.1, -0.05) is 12.1 Å². The van der Waals surface area contributed by atoms with Crippen LogP contribution in [0.4, 0.5) is 0 Å². The fourth-order valence-corrected chi connectivity index (χ4v) is 7.15. The van der Waals surface area contributed by atoms with Crippen molar-refractivity contribution in [2.45, 2.75) is 62.6 Å². The summed E-state index contributed by atoms with van der Waals surface area (Å²) in [4.78, 5) is 40.2. The average molecular weight is 582 g/mol. The van der Waals surface area contributed by atoms with Crippen molar-refractivity contribution in [1.29, 1.82) is 5.26 Å². The van der Waals surface area contributed by atoms with E-state index in [1.54, 1.807) is 19.0 Å². The molecule has 0 unspecified atom stereocenters. The second-order valence-corrected chi connectivity index (χ2v) is 11.8. The fourth-order valence-electron chi connectivity index (χ4n) is 7.15. The molecule has 12 heteroatoms. The Kier molecular flexibility index (Phi) is 7.43. The molecule has 0 bridgehead atoms. The van der Waals surface area contributed by atoms with E-state index >= 15 is 0 Å². The molecule has 0 spiro atoms. The van der Waals surface area contributed by atoms with E-state index in [2.05, 4.69) is 42.6 Å². The molecule has 4 atom stereocenters. The molecule has 3 aliphatic rings. The standard InChI is InChI=1S/C31H35N9O3/c1-17(35-16-27(41)40-23(15-32)12-22-13-26(22)40)14-31(30-36-38-39-37-30)24-8-6-20(28(42)33-2)10-18(24)4-5-19-11-21(29(43)34-3)7-9-25(19)31/h6-11,17,22-23,26,35H,4-5,12-14,16H2,1-3H3,(H,33,42)(H,34,43)(H,36,37,38,39)/t17-,22-,23+,26+/m1/s1. The lowest BCUT2D eigenvalue weighted by Gasteiger charge is -2.37. The Balaban J connectivity index is 1.41. The summed E-state index contributed by atoms with van der Waals surface area (Å²) in [6.07, 6.45) is 3.49. The van der Waals surface area contributed by atoms with Gasteiger partial charge in [0.1, 0.15) is 6.04 Å². The van der Waals surface area contributed by atoms with Gasteiger partial charge >= 0.3 is 0 Å². The van der Waals surface area contributed by atoms with Crippen LogP contribution in [0.25, 0.3) is 0 Å². The predicted molar refractivity (Wildman–Crippen MR) is 156 cm³/mol. The summed E-state index contributed by atoms with van der Waals surface area (Å²) in [7, 11) is 3.21. The van der Waals surface area contributed by atoms with Gasteiger partial charge in [0.15, 0.2) is 5.82 Å². The number of hydrogen-bond acceptors (Lipinski definition) is 8. The van der Waals surface area contributed by atoms with E-state index in [1.807, 2.05) is 43.3 Å².